The number of hydrogen-bond acceptors (Lipinski definition) is 3. The summed E-state index contributed by atoms with van der Waals surface area (Å²) in [5.74, 6) is 0.0778. The summed E-state index contributed by atoms with van der Waals surface area (Å²) < 4.78 is 0. The zero-order chi connectivity index (χ0) is 9.31. The molecule has 0 aromatic rings. The fraction of sp³-hybridized carbons (Fsp3) is 0.889. The standard InChI is InChI=1S/C9H16N2O2/c12-7-5-11-8(13)4-9(7)2-1-3-10-6-9/h7,10,12H,1-6H2,(H,11,13). The Bertz CT molecular complexity index is 212. The molecule has 0 radical (unpaired) electrons. The van der Waals surface area contributed by atoms with E-state index in [4.69, 9.17) is 0 Å². The number of piperidine rings is 2. The molecule has 2 saturated heterocycles. The average molecular weight is 184 g/mol. The Kier molecular flexibility index (Phi) is 2.26. The molecule has 2 atom stereocenters. The van der Waals surface area contributed by atoms with Crippen LogP contribution in [0.2, 0.25) is 0 Å². The van der Waals surface area contributed by atoms with Crippen LogP contribution in [0.1, 0.15) is 19.3 Å². The third-order valence-electron chi connectivity index (χ3n) is 3.22. The van der Waals surface area contributed by atoms with Gasteiger partial charge in [-0.05, 0) is 19.4 Å². The maximum Gasteiger partial charge on any atom is 0.220 e. The second-order valence-electron chi connectivity index (χ2n) is 4.14. The molecule has 4 heteroatoms. The lowest BCUT2D eigenvalue weighted by molar-refractivity contribution is -0.132. The third kappa shape index (κ3) is 1.56. The molecule has 3 N–H and O–H groups in total. The highest BCUT2D eigenvalue weighted by atomic mass is 16.3. The Balaban J connectivity index is 2.11. The molecular formula is C9H16N2O2. The minimum absolute atomic E-state index is 0.0778. The molecule has 0 aliphatic carbocycles. The molecule has 1 amide bonds. The number of aliphatic hydroxyl groups is 1. The van der Waals surface area contributed by atoms with Crippen molar-refractivity contribution in [2.45, 2.75) is 25.4 Å². The molecule has 2 fully saturated rings. The SMILES string of the molecule is O=C1CC2(CCCNC2)C(O)CN1. The van der Waals surface area contributed by atoms with E-state index >= 15 is 0 Å². The largest absolute Gasteiger partial charge is 0.391 e. The van der Waals surface area contributed by atoms with Gasteiger partial charge in [0.25, 0.3) is 0 Å². The fourth-order valence-corrected chi connectivity index (χ4v) is 2.35. The van der Waals surface area contributed by atoms with Crippen LogP contribution in [0.3, 0.4) is 0 Å². The number of carbonyl (C=O) groups excluding carboxylic acids is 1. The van der Waals surface area contributed by atoms with E-state index < -0.39 is 0 Å². The molecule has 4 nitrogen and oxygen atoms in total. The average Bonchev–Trinajstić information content (AvgIpc) is 2.14. The first-order valence-electron chi connectivity index (χ1n) is 4.88. The predicted molar refractivity (Wildman–Crippen MR) is 48.2 cm³/mol. The highest BCUT2D eigenvalue weighted by Crippen LogP contribution is 2.35. The van der Waals surface area contributed by atoms with Gasteiger partial charge in [-0.2, -0.15) is 0 Å². The van der Waals surface area contributed by atoms with Crippen molar-refractivity contribution in [2.75, 3.05) is 19.6 Å². The maximum absolute atomic E-state index is 11.2. The summed E-state index contributed by atoms with van der Waals surface area (Å²) >= 11 is 0. The van der Waals surface area contributed by atoms with Gasteiger partial charge in [0.1, 0.15) is 0 Å². The minimum atomic E-state index is -0.377. The Hall–Kier alpha value is -0.610. The molecule has 2 rings (SSSR count). The summed E-state index contributed by atoms with van der Waals surface area (Å²) in [4.78, 5) is 11.2. The van der Waals surface area contributed by atoms with Crippen LogP contribution in [0.25, 0.3) is 0 Å². The van der Waals surface area contributed by atoms with E-state index in [2.05, 4.69) is 10.6 Å². The molecule has 0 bridgehead atoms. The van der Waals surface area contributed by atoms with Crippen LogP contribution < -0.4 is 10.6 Å². The molecule has 0 aromatic heterocycles. The van der Waals surface area contributed by atoms with Crippen molar-refractivity contribution in [3.8, 4) is 0 Å². The summed E-state index contributed by atoms with van der Waals surface area (Å²) in [6.45, 7) is 2.21. The van der Waals surface area contributed by atoms with Crippen molar-refractivity contribution in [3.63, 3.8) is 0 Å². The van der Waals surface area contributed by atoms with Gasteiger partial charge in [0.2, 0.25) is 5.91 Å². The zero-order valence-corrected chi connectivity index (χ0v) is 7.68. The number of β-amino-alcohol motifs (C(OH)–C–C–N with tert-alkyl or cyclic N) is 1. The number of nitrogens with one attached hydrogen (secondary N) is 2. The van der Waals surface area contributed by atoms with Crippen molar-refractivity contribution < 1.29 is 9.90 Å². The van der Waals surface area contributed by atoms with E-state index in [-0.39, 0.29) is 17.4 Å². The van der Waals surface area contributed by atoms with Gasteiger partial charge in [-0.25, -0.2) is 0 Å². The highest BCUT2D eigenvalue weighted by molar-refractivity contribution is 5.77. The summed E-state index contributed by atoms with van der Waals surface area (Å²) in [5.41, 5.74) is -0.180. The molecule has 2 unspecified atom stereocenters. The number of carbonyl (C=O) groups is 1. The Morgan fingerprint density at radius 2 is 2.38 bits per heavy atom. The quantitative estimate of drug-likeness (QED) is 0.463. The Labute approximate surface area is 77.7 Å². The molecule has 2 heterocycles. The molecule has 2 aliphatic heterocycles. The molecule has 0 aromatic carbocycles. The lowest BCUT2D eigenvalue weighted by atomic mass is 9.71. The molecule has 13 heavy (non-hydrogen) atoms. The lowest BCUT2D eigenvalue weighted by Gasteiger charge is -2.43. The van der Waals surface area contributed by atoms with E-state index in [1.807, 2.05) is 0 Å². The van der Waals surface area contributed by atoms with Crippen molar-refractivity contribution in [1.29, 1.82) is 0 Å². The first-order valence-corrected chi connectivity index (χ1v) is 4.88. The van der Waals surface area contributed by atoms with Crippen LogP contribution in [0.15, 0.2) is 0 Å². The van der Waals surface area contributed by atoms with Crippen LogP contribution in [0, 0.1) is 5.41 Å². The second kappa shape index (κ2) is 3.27. The van der Waals surface area contributed by atoms with Crippen molar-refractivity contribution in [2.24, 2.45) is 5.41 Å². The van der Waals surface area contributed by atoms with E-state index in [0.29, 0.717) is 13.0 Å². The van der Waals surface area contributed by atoms with E-state index in [1.54, 1.807) is 0 Å². The maximum atomic E-state index is 11.2. The Morgan fingerprint density at radius 3 is 3.08 bits per heavy atom. The Morgan fingerprint density at radius 1 is 1.54 bits per heavy atom. The van der Waals surface area contributed by atoms with Crippen molar-refractivity contribution >= 4 is 5.91 Å². The molecule has 1 spiro atoms. The lowest BCUT2D eigenvalue weighted by Crippen LogP contribution is -2.57. The molecule has 74 valence electrons. The summed E-state index contributed by atoms with van der Waals surface area (Å²) in [7, 11) is 0. The van der Waals surface area contributed by atoms with Crippen LogP contribution in [0.5, 0.6) is 0 Å². The van der Waals surface area contributed by atoms with Gasteiger partial charge in [0.15, 0.2) is 0 Å². The van der Waals surface area contributed by atoms with Gasteiger partial charge in [0.05, 0.1) is 6.10 Å². The van der Waals surface area contributed by atoms with Crippen molar-refractivity contribution in [1.82, 2.24) is 10.6 Å². The highest BCUT2D eigenvalue weighted by Gasteiger charge is 2.43. The number of hydrogen-bond donors (Lipinski definition) is 3. The van der Waals surface area contributed by atoms with E-state index in [0.717, 1.165) is 25.9 Å². The first-order chi connectivity index (χ1) is 6.23. The number of rotatable bonds is 0. The molecule has 2 aliphatic rings. The molecule has 0 saturated carbocycles. The van der Waals surface area contributed by atoms with Gasteiger partial charge < -0.3 is 15.7 Å². The zero-order valence-electron chi connectivity index (χ0n) is 7.68. The topological polar surface area (TPSA) is 61.4 Å². The van der Waals surface area contributed by atoms with Gasteiger partial charge in [-0.3, -0.25) is 4.79 Å². The van der Waals surface area contributed by atoms with E-state index in [9.17, 15) is 9.90 Å². The summed E-state index contributed by atoms with van der Waals surface area (Å²) in [6, 6.07) is 0. The van der Waals surface area contributed by atoms with Crippen LogP contribution in [-0.2, 0) is 4.79 Å². The number of amides is 1. The van der Waals surface area contributed by atoms with Gasteiger partial charge in [-0.15, -0.1) is 0 Å². The molecular weight excluding hydrogens is 168 g/mol. The van der Waals surface area contributed by atoms with Crippen LogP contribution in [0.4, 0.5) is 0 Å². The van der Waals surface area contributed by atoms with Crippen molar-refractivity contribution in [3.05, 3.63) is 0 Å². The van der Waals surface area contributed by atoms with Crippen LogP contribution in [-0.4, -0.2) is 36.8 Å². The second-order valence-corrected chi connectivity index (χ2v) is 4.14. The number of aliphatic hydroxyl groups excluding tert-OH is 1. The van der Waals surface area contributed by atoms with Gasteiger partial charge in [-0.1, -0.05) is 0 Å². The van der Waals surface area contributed by atoms with Gasteiger partial charge >= 0.3 is 0 Å². The van der Waals surface area contributed by atoms with E-state index in [1.165, 1.54) is 0 Å². The third-order valence-corrected chi connectivity index (χ3v) is 3.22. The summed E-state index contributed by atoms with van der Waals surface area (Å²) in [5, 5.41) is 15.8. The monoisotopic (exact) mass is 184 g/mol. The predicted octanol–water partition coefficient (Wildman–Crippen LogP) is -0.763. The minimum Gasteiger partial charge on any atom is -0.391 e. The normalized spacial score (nSPS) is 40.4. The fourth-order valence-electron chi connectivity index (χ4n) is 2.35. The summed E-state index contributed by atoms with van der Waals surface area (Å²) in [6.07, 6.45) is 2.12. The van der Waals surface area contributed by atoms with Gasteiger partial charge in [0, 0.05) is 24.9 Å². The van der Waals surface area contributed by atoms with Crippen LogP contribution >= 0.6 is 0 Å². The first kappa shape index (κ1) is 8.97. The smallest absolute Gasteiger partial charge is 0.220 e.